The molecule has 1 unspecified atom stereocenters. The maximum absolute atomic E-state index is 8.82. The number of halogens is 1. The molecule has 3 nitrogen and oxygen atoms in total. The minimum Gasteiger partial charge on any atom is -0.491 e. The van der Waals surface area contributed by atoms with E-state index in [1.807, 2.05) is 25.1 Å². The topological polar surface area (TPSA) is 59.0 Å². The first-order valence-corrected chi connectivity index (χ1v) is 6.97. The number of hydrogen-bond donors (Lipinski definition) is 1. The molecule has 0 aliphatic heterocycles. The summed E-state index contributed by atoms with van der Waals surface area (Å²) < 4.78 is 5.91. The van der Waals surface area contributed by atoms with Gasteiger partial charge in [-0.25, -0.2) is 0 Å². The van der Waals surface area contributed by atoms with Gasteiger partial charge in [0, 0.05) is 17.9 Å². The predicted octanol–water partition coefficient (Wildman–Crippen LogP) is 3.30. The average Bonchev–Trinajstić information content (AvgIpc) is 3.08. The highest BCUT2D eigenvalue weighted by Crippen LogP contribution is 2.49. The van der Waals surface area contributed by atoms with Crippen molar-refractivity contribution in [3.8, 4) is 11.8 Å². The zero-order chi connectivity index (χ0) is 13.9. The Bertz CT molecular complexity index is 489. The summed E-state index contributed by atoms with van der Waals surface area (Å²) in [6.07, 6.45) is 3.42. The van der Waals surface area contributed by atoms with Gasteiger partial charge < -0.3 is 10.5 Å². The number of nitrogens with zero attached hydrogens (tertiary/aromatic N) is 1. The standard InChI is InChI=1S/C15H19ClN2O/c1-11(18)9-12-3-2-4-13(16)14(12)19-10-15(5-6-15)7-8-17/h2-4,11H,5-7,9-10,18H2,1H3. The molecule has 0 amide bonds. The van der Waals surface area contributed by atoms with E-state index < -0.39 is 0 Å². The molecule has 1 aromatic carbocycles. The Labute approximate surface area is 119 Å². The van der Waals surface area contributed by atoms with E-state index in [1.165, 1.54) is 0 Å². The Morgan fingerprint density at radius 3 is 2.84 bits per heavy atom. The first-order chi connectivity index (χ1) is 9.06. The van der Waals surface area contributed by atoms with Crippen molar-refractivity contribution >= 4 is 11.6 Å². The molecule has 2 rings (SSSR count). The summed E-state index contributed by atoms with van der Waals surface area (Å²) in [6.45, 7) is 2.53. The first-order valence-electron chi connectivity index (χ1n) is 6.59. The summed E-state index contributed by atoms with van der Waals surface area (Å²) in [6, 6.07) is 8.03. The minimum atomic E-state index is 0.0551. The third-order valence-corrected chi connectivity index (χ3v) is 3.82. The van der Waals surface area contributed by atoms with E-state index in [9.17, 15) is 0 Å². The van der Waals surface area contributed by atoms with Gasteiger partial charge in [0.25, 0.3) is 0 Å². The number of rotatable bonds is 6. The van der Waals surface area contributed by atoms with Gasteiger partial charge in [0.1, 0.15) is 5.75 Å². The van der Waals surface area contributed by atoms with Crippen LogP contribution in [0.2, 0.25) is 5.02 Å². The van der Waals surface area contributed by atoms with Gasteiger partial charge in [-0.15, -0.1) is 0 Å². The molecule has 0 heterocycles. The summed E-state index contributed by atoms with van der Waals surface area (Å²) in [4.78, 5) is 0. The monoisotopic (exact) mass is 278 g/mol. The highest BCUT2D eigenvalue weighted by molar-refractivity contribution is 6.32. The van der Waals surface area contributed by atoms with Crippen molar-refractivity contribution in [3.63, 3.8) is 0 Å². The number of para-hydroxylation sites is 1. The lowest BCUT2D eigenvalue weighted by Gasteiger charge is -2.17. The van der Waals surface area contributed by atoms with Crippen LogP contribution in [0.3, 0.4) is 0 Å². The maximum Gasteiger partial charge on any atom is 0.141 e. The predicted molar refractivity (Wildman–Crippen MR) is 76.2 cm³/mol. The lowest BCUT2D eigenvalue weighted by Crippen LogP contribution is -2.19. The normalized spacial score (nSPS) is 17.6. The van der Waals surface area contributed by atoms with E-state index in [4.69, 9.17) is 27.3 Å². The zero-order valence-corrected chi connectivity index (χ0v) is 11.9. The van der Waals surface area contributed by atoms with Crippen LogP contribution in [0, 0.1) is 16.7 Å². The Kier molecular flexibility index (Phi) is 4.34. The first kappa shape index (κ1) is 14.2. The van der Waals surface area contributed by atoms with Gasteiger partial charge in [0.2, 0.25) is 0 Å². The van der Waals surface area contributed by atoms with Gasteiger partial charge in [-0.1, -0.05) is 23.7 Å². The molecule has 0 aromatic heterocycles. The third kappa shape index (κ3) is 3.62. The second-order valence-electron chi connectivity index (χ2n) is 5.53. The van der Waals surface area contributed by atoms with Crippen LogP contribution in [0.1, 0.15) is 31.7 Å². The maximum atomic E-state index is 8.82. The molecule has 1 aliphatic rings. The Hall–Kier alpha value is -1.24. The zero-order valence-electron chi connectivity index (χ0n) is 11.2. The van der Waals surface area contributed by atoms with Crippen molar-refractivity contribution in [2.75, 3.05) is 6.61 Å². The van der Waals surface area contributed by atoms with E-state index in [0.717, 1.165) is 30.6 Å². The lowest BCUT2D eigenvalue weighted by molar-refractivity contribution is 0.235. The van der Waals surface area contributed by atoms with Crippen molar-refractivity contribution in [2.24, 2.45) is 11.1 Å². The fourth-order valence-electron chi connectivity index (χ4n) is 2.16. The smallest absolute Gasteiger partial charge is 0.141 e. The average molecular weight is 279 g/mol. The summed E-state index contributed by atoms with van der Waals surface area (Å²) in [7, 11) is 0. The molecule has 2 N–H and O–H groups in total. The van der Waals surface area contributed by atoms with Gasteiger partial charge in [0.05, 0.1) is 17.7 Å². The molecular formula is C15H19ClN2O. The second kappa shape index (κ2) is 5.81. The highest BCUT2D eigenvalue weighted by atomic mass is 35.5. The summed E-state index contributed by atoms with van der Waals surface area (Å²) in [5.41, 5.74) is 6.94. The number of benzene rings is 1. The molecule has 1 aromatic rings. The lowest BCUT2D eigenvalue weighted by atomic mass is 10.0. The number of hydrogen-bond acceptors (Lipinski definition) is 3. The van der Waals surface area contributed by atoms with Gasteiger partial charge in [0.15, 0.2) is 0 Å². The van der Waals surface area contributed by atoms with E-state index in [-0.39, 0.29) is 11.5 Å². The summed E-state index contributed by atoms with van der Waals surface area (Å²) in [5.74, 6) is 0.727. The number of ether oxygens (including phenoxy) is 1. The van der Waals surface area contributed by atoms with E-state index in [2.05, 4.69) is 6.07 Å². The molecule has 102 valence electrons. The molecule has 4 heteroatoms. The van der Waals surface area contributed by atoms with E-state index >= 15 is 0 Å². The van der Waals surface area contributed by atoms with Crippen molar-refractivity contribution in [1.82, 2.24) is 0 Å². The Morgan fingerprint density at radius 2 is 2.26 bits per heavy atom. The van der Waals surface area contributed by atoms with Crippen LogP contribution in [0.25, 0.3) is 0 Å². The van der Waals surface area contributed by atoms with Crippen molar-refractivity contribution in [3.05, 3.63) is 28.8 Å². The number of nitrogens with two attached hydrogens (primary N) is 1. The van der Waals surface area contributed by atoms with Crippen LogP contribution in [0.15, 0.2) is 18.2 Å². The second-order valence-corrected chi connectivity index (χ2v) is 5.94. The molecule has 1 aliphatic carbocycles. The molecule has 1 fully saturated rings. The van der Waals surface area contributed by atoms with E-state index in [0.29, 0.717) is 18.1 Å². The number of nitriles is 1. The van der Waals surface area contributed by atoms with Crippen molar-refractivity contribution in [2.45, 2.75) is 38.6 Å². The molecule has 0 bridgehead atoms. The van der Waals surface area contributed by atoms with Gasteiger partial charge in [-0.05, 0) is 37.8 Å². The van der Waals surface area contributed by atoms with Crippen molar-refractivity contribution < 1.29 is 4.74 Å². The molecule has 1 atom stereocenters. The third-order valence-electron chi connectivity index (χ3n) is 3.52. The SMILES string of the molecule is CC(N)Cc1cccc(Cl)c1OCC1(CC#N)CC1. The molecular weight excluding hydrogens is 260 g/mol. The quantitative estimate of drug-likeness (QED) is 0.868. The fourth-order valence-corrected chi connectivity index (χ4v) is 2.41. The molecule has 19 heavy (non-hydrogen) atoms. The summed E-state index contributed by atoms with van der Waals surface area (Å²) in [5, 5.41) is 9.44. The van der Waals surface area contributed by atoms with Gasteiger partial charge >= 0.3 is 0 Å². The van der Waals surface area contributed by atoms with Gasteiger partial charge in [-0.2, -0.15) is 5.26 Å². The molecule has 1 saturated carbocycles. The molecule has 0 radical (unpaired) electrons. The van der Waals surface area contributed by atoms with Crippen LogP contribution >= 0.6 is 11.6 Å². The largest absolute Gasteiger partial charge is 0.491 e. The molecule has 0 spiro atoms. The Morgan fingerprint density at radius 1 is 1.53 bits per heavy atom. The van der Waals surface area contributed by atoms with Crippen LogP contribution in [0.5, 0.6) is 5.75 Å². The van der Waals surface area contributed by atoms with Crippen molar-refractivity contribution in [1.29, 1.82) is 5.26 Å². The van der Waals surface area contributed by atoms with Crippen LogP contribution in [-0.4, -0.2) is 12.6 Å². The minimum absolute atomic E-state index is 0.0551. The fraction of sp³-hybridized carbons (Fsp3) is 0.533. The highest BCUT2D eigenvalue weighted by Gasteiger charge is 2.43. The molecule has 0 saturated heterocycles. The summed E-state index contributed by atoms with van der Waals surface area (Å²) >= 11 is 6.21. The van der Waals surface area contributed by atoms with E-state index in [1.54, 1.807) is 0 Å². The van der Waals surface area contributed by atoms with Crippen LogP contribution in [0.4, 0.5) is 0 Å². The van der Waals surface area contributed by atoms with Crippen LogP contribution < -0.4 is 10.5 Å². The van der Waals surface area contributed by atoms with Crippen LogP contribution in [-0.2, 0) is 6.42 Å². The Balaban J connectivity index is 2.09. The van der Waals surface area contributed by atoms with Gasteiger partial charge in [-0.3, -0.25) is 0 Å².